The third-order valence-corrected chi connectivity index (χ3v) is 6.72. The second-order valence-corrected chi connectivity index (χ2v) is 10.2. The van der Waals surface area contributed by atoms with E-state index < -0.39 is 0 Å². The van der Waals surface area contributed by atoms with Gasteiger partial charge in [0, 0.05) is 13.1 Å². The SMILES string of the molecule is COc1ccc(CCN2C(=O)CN(Cc3ccc(OC)cc3)C2c2ccc(C(C)(C)C)cc2)cc1. The van der Waals surface area contributed by atoms with E-state index in [0.717, 1.165) is 29.0 Å². The zero-order valence-electron chi connectivity index (χ0n) is 21.5. The van der Waals surface area contributed by atoms with Crippen molar-refractivity contribution in [2.45, 2.75) is 45.3 Å². The number of rotatable bonds is 8. The first-order valence-electron chi connectivity index (χ1n) is 12.2. The lowest BCUT2D eigenvalue weighted by molar-refractivity contribution is -0.128. The van der Waals surface area contributed by atoms with Crippen molar-refractivity contribution in [3.63, 3.8) is 0 Å². The second kappa shape index (κ2) is 10.5. The summed E-state index contributed by atoms with van der Waals surface area (Å²) in [6.45, 7) is 8.42. The Kier molecular flexibility index (Phi) is 7.46. The van der Waals surface area contributed by atoms with Crippen molar-refractivity contribution in [2.75, 3.05) is 27.3 Å². The largest absolute Gasteiger partial charge is 0.497 e. The number of benzene rings is 3. The molecule has 0 N–H and O–H groups in total. The fraction of sp³-hybridized carbons (Fsp3) is 0.367. The van der Waals surface area contributed by atoms with E-state index in [9.17, 15) is 4.79 Å². The predicted molar refractivity (Wildman–Crippen MR) is 140 cm³/mol. The molecule has 1 aliphatic heterocycles. The van der Waals surface area contributed by atoms with Gasteiger partial charge in [-0.15, -0.1) is 0 Å². The van der Waals surface area contributed by atoms with Crippen LogP contribution in [0.3, 0.4) is 0 Å². The first-order valence-corrected chi connectivity index (χ1v) is 12.2. The van der Waals surface area contributed by atoms with Crippen LogP contribution in [0.4, 0.5) is 0 Å². The summed E-state index contributed by atoms with van der Waals surface area (Å²) in [5.41, 5.74) is 4.87. The van der Waals surface area contributed by atoms with E-state index in [1.54, 1.807) is 14.2 Å². The predicted octanol–water partition coefficient (Wildman–Crippen LogP) is 5.59. The number of methoxy groups -OCH3 is 2. The molecule has 0 spiro atoms. The second-order valence-electron chi connectivity index (χ2n) is 10.2. The number of nitrogens with zero attached hydrogens (tertiary/aromatic N) is 2. The number of ether oxygens (including phenoxy) is 2. The lowest BCUT2D eigenvalue weighted by atomic mass is 9.86. The van der Waals surface area contributed by atoms with Crippen LogP contribution in [0, 0.1) is 0 Å². The standard InChI is InChI=1S/C30H36N2O3/c1-30(2,3)25-12-10-24(11-13-25)29-31(20-23-8-16-27(35-5)17-9-23)21-28(33)32(29)19-18-22-6-14-26(34-4)15-7-22/h6-17,29H,18-21H2,1-5H3. The molecule has 1 aliphatic rings. The molecule has 0 radical (unpaired) electrons. The average Bonchev–Trinajstić information content (AvgIpc) is 3.17. The quantitative estimate of drug-likeness (QED) is 0.429. The maximum absolute atomic E-state index is 13.3. The van der Waals surface area contributed by atoms with Gasteiger partial charge < -0.3 is 14.4 Å². The molecule has 3 aromatic carbocycles. The van der Waals surface area contributed by atoms with Gasteiger partial charge in [0.05, 0.1) is 20.8 Å². The summed E-state index contributed by atoms with van der Waals surface area (Å²) in [4.78, 5) is 17.5. The lowest BCUT2D eigenvalue weighted by Crippen LogP contribution is -2.33. The number of hydrogen-bond acceptors (Lipinski definition) is 4. The topological polar surface area (TPSA) is 42.0 Å². The molecule has 3 aromatic rings. The Morgan fingerprint density at radius 3 is 1.86 bits per heavy atom. The molecule has 0 aromatic heterocycles. The molecule has 1 atom stereocenters. The number of hydrogen-bond donors (Lipinski definition) is 0. The summed E-state index contributed by atoms with van der Waals surface area (Å²) in [6, 6.07) is 25.0. The summed E-state index contributed by atoms with van der Waals surface area (Å²) in [5, 5.41) is 0. The van der Waals surface area contributed by atoms with Crippen molar-refractivity contribution in [1.82, 2.24) is 9.80 Å². The zero-order chi connectivity index (χ0) is 25.0. The van der Waals surface area contributed by atoms with Gasteiger partial charge in [-0.2, -0.15) is 0 Å². The minimum absolute atomic E-state index is 0.0842. The van der Waals surface area contributed by atoms with Gasteiger partial charge in [-0.05, 0) is 58.4 Å². The number of amides is 1. The highest BCUT2D eigenvalue weighted by molar-refractivity contribution is 5.81. The average molecular weight is 473 g/mol. The van der Waals surface area contributed by atoms with Crippen molar-refractivity contribution < 1.29 is 14.3 Å². The summed E-state index contributed by atoms with van der Waals surface area (Å²) in [7, 11) is 3.34. The molecule has 5 nitrogen and oxygen atoms in total. The lowest BCUT2D eigenvalue weighted by Gasteiger charge is -2.31. The highest BCUT2D eigenvalue weighted by atomic mass is 16.5. The van der Waals surface area contributed by atoms with Crippen LogP contribution >= 0.6 is 0 Å². The summed E-state index contributed by atoms with van der Waals surface area (Å²) in [5.74, 6) is 1.84. The molecule has 184 valence electrons. The molecule has 1 saturated heterocycles. The van der Waals surface area contributed by atoms with E-state index >= 15 is 0 Å². The third kappa shape index (κ3) is 5.85. The molecular formula is C30H36N2O3. The molecule has 1 unspecified atom stereocenters. The molecule has 4 rings (SSSR count). The van der Waals surface area contributed by atoms with E-state index in [2.05, 4.69) is 74.2 Å². The Hall–Kier alpha value is -3.31. The summed E-state index contributed by atoms with van der Waals surface area (Å²) < 4.78 is 10.6. The van der Waals surface area contributed by atoms with Crippen LogP contribution in [0.5, 0.6) is 11.5 Å². The van der Waals surface area contributed by atoms with Gasteiger partial charge >= 0.3 is 0 Å². The van der Waals surface area contributed by atoms with Crippen LogP contribution < -0.4 is 9.47 Å². The normalized spacial score (nSPS) is 16.5. The Labute approximate surface area is 209 Å². The first kappa shape index (κ1) is 24.8. The molecule has 1 heterocycles. The molecular weight excluding hydrogens is 436 g/mol. The van der Waals surface area contributed by atoms with Crippen LogP contribution in [0.15, 0.2) is 72.8 Å². The van der Waals surface area contributed by atoms with Crippen molar-refractivity contribution in [3.8, 4) is 11.5 Å². The number of carbonyl (C=O) groups excluding carboxylic acids is 1. The van der Waals surface area contributed by atoms with Gasteiger partial charge in [0.1, 0.15) is 17.7 Å². The smallest absolute Gasteiger partial charge is 0.238 e. The van der Waals surface area contributed by atoms with Crippen molar-refractivity contribution in [2.24, 2.45) is 0 Å². The maximum atomic E-state index is 13.3. The summed E-state index contributed by atoms with van der Waals surface area (Å²) in [6.07, 6.45) is 0.694. The van der Waals surface area contributed by atoms with Gasteiger partial charge in [-0.3, -0.25) is 9.69 Å². The number of carbonyl (C=O) groups is 1. The highest BCUT2D eigenvalue weighted by Gasteiger charge is 2.38. The van der Waals surface area contributed by atoms with Crippen LogP contribution in [0.1, 0.15) is 49.2 Å². The molecule has 0 saturated carbocycles. The van der Waals surface area contributed by atoms with Crippen molar-refractivity contribution >= 4 is 5.91 Å². The van der Waals surface area contributed by atoms with E-state index in [1.807, 2.05) is 29.2 Å². The van der Waals surface area contributed by atoms with E-state index in [4.69, 9.17) is 9.47 Å². The minimum Gasteiger partial charge on any atom is -0.497 e. The Bertz CT molecular complexity index is 1120. The Balaban J connectivity index is 1.59. The van der Waals surface area contributed by atoms with Crippen molar-refractivity contribution in [3.05, 3.63) is 95.1 Å². The third-order valence-electron chi connectivity index (χ3n) is 6.72. The fourth-order valence-corrected chi connectivity index (χ4v) is 4.63. The molecule has 1 fully saturated rings. The first-order chi connectivity index (χ1) is 16.8. The van der Waals surface area contributed by atoms with Crippen LogP contribution in [-0.2, 0) is 23.2 Å². The summed E-state index contributed by atoms with van der Waals surface area (Å²) >= 11 is 0. The fourth-order valence-electron chi connectivity index (χ4n) is 4.63. The molecule has 5 heteroatoms. The van der Waals surface area contributed by atoms with Gasteiger partial charge in [-0.1, -0.05) is 69.3 Å². The van der Waals surface area contributed by atoms with Crippen LogP contribution in [-0.4, -0.2) is 43.0 Å². The van der Waals surface area contributed by atoms with E-state index in [0.29, 0.717) is 19.6 Å². The van der Waals surface area contributed by atoms with Crippen LogP contribution in [0.2, 0.25) is 0 Å². The van der Waals surface area contributed by atoms with E-state index in [1.165, 1.54) is 11.1 Å². The maximum Gasteiger partial charge on any atom is 0.238 e. The molecule has 0 aliphatic carbocycles. The monoisotopic (exact) mass is 472 g/mol. The highest BCUT2D eigenvalue weighted by Crippen LogP contribution is 2.34. The Morgan fingerprint density at radius 1 is 0.800 bits per heavy atom. The van der Waals surface area contributed by atoms with Gasteiger partial charge in [0.25, 0.3) is 0 Å². The molecule has 35 heavy (non-hydrogen) atoms. The van der Waals surface area contributed by atoms with E-state index in [-0.39, 0.29) is 17.5 Å². The molecule has 1 amide bonds. The van der Waals surface area contributed by atoms with Gasteiger partial charge in [0.15, 0.2) is 0 Å². The minimum atomic E-state index is -0.100. The Morgan fingerprint density at radius 2 is 1.34 bits per heavy atom. The van der Waals surface area contributed by atoms with Crippen LogP contribution in [0.25, 0.3) is 0 Å². The van der Waals surface area contributed by atoms with Gasteiger partial charge in [0.2, 0.25) is 5.91 Å². The van der Waals surface area contributed by atoms with Gasteiger partial charge in [-0.25, -0.2) is 0 Å². The van der Waals surface area contributed by atoms with Crippen molar-refractivity contribution in [1.29, 1.82) is 0 Å². The zero-order valence-corrected chi connectivity index (χ0v) is 21.5. The molecule has 0 bridgehead atoms.